The maximum Gasteiger partial charge on any atom is 0.573 e. The molecule has 172 valence electrons. The minimum absolute atomic E-state index is 0.0437. The van der Waals surface area contributed by atoms with Crippen LogP contribution in [0.4, 0.5) is 13.2 Å². The Morgan fingerprint density at radius 2 is 1.97 bits per heavy atom. The van der Waals surface area contributed by atoms with E-state index in [2.05, 4.69) is 9.64 Å². The molecule has 0 spiro atoms. The van der Waals surface area contributed by atoms with Crippen LogP contribution in [0.2, 0.25) is 0 Å². The van der Waals surface area contributed by atoms with Gasteiger partial charge in [0.1, 0.15) is 16.4 Å². The molecule has 2 heterocycles. The van der Waals surface area contributed by atoms with Crippen molar-refractivity contribution in [2.45, 2.75) is 36.9 Å². The Labute approximate surface area is 184 Å². The van der Waals surface area contributed by atoms with E-state index in [0.29, 0.717) is 49.4 Å². The van der Waals surface area contributed by atoms with E-state index in [9.17, 15) is 21.6 Å². The molecule has 2 aliphatic heterocycles. The van der Waals surface area contributed by atoms with Crippen molar-refractivity contribution >= 4 is 15.7 Å². The molecular weight excluding hydrogens is 445 g/mol. The van der Waals surface area contributed by atoms with Crippen LogP contribution in [0, 0.1) is 0 Å². The van der Waals surface area contributed by atoms with Gasteiger partial charge in [-0.3, -0.25) is 0 Å². The predicted molar refractivity (Wildman–Crippen MR) is 113 cm³/mol. The third-order valence-corrected chi connectivity index (χ3v) is 6.43. The van der Waals surface area contributed by atoms with E-state index in [1.807, 2.05) is 12.1 Å². The summed E-state index contributed by atoms with van der Waals surface area (Å²) in [7, 11) is -3.98. The minimum atomic E-state index is -4.76. The number of fused-ring (bicyclic) bond motifs is 1. The fourth-order valence-corrected chi connectivity index (χ4v) is 4.86. The standard InChI is InChI=1S/C22H23F3N2O4S/c23-22(24,25)31-19-7-2-1-5-15(19)8-11-27-10-4-3-6-18(27)17-13-16-9-12-30-21(16)20(14-17)32(26,28)29/h1-2,5-7,13-14H,3-4,8-12H2,(H2,26,28,29). The third kappa shape index (κ3) is 5.02. The fourth-order valence-electron chi connectivity index (χ4n) is 4.12. The molecule has 0 amide bonds. The number of para-hydroxylation sites is 1. The number of allylic oxidation sites excluding steroid dienone is 1. The van der Waals surface area contributed by atoms with E-state index < -0.39 is 16.4 Å². The highest BCUT2D eigenvalue weighted by molar-refractivity contribution is 7.89. The topological polar surface area (TPSA) is 81.9 Å². The molecule has 0 radical (unpaired) electrons. The monoisotopic (exact) mass is 468 g/mol. The molecule has 0 aliphatic carbocycles. The van der Waals surface area contributed by atoms with Crippen LogP contribution < -0.4 is 14.6 Å². The summed E-state index contributed by atoms with van der Waals surface area (Å²) in [5, 5.41) is 5.42. The predicted octanol–water partition coefficient (Wildman–Crippen LogP) is 3.85. The summed E-state index contributed by atoms with van der Waals surface area (Å²) >= 11 is 0. The van der Waals surface area contributed by atoms with Crippen LogP contribution in [-0.4, -0.2) is 39.4 Å². The highest BCUT2D eigenvalue weighted by Crippen LogP contribution is 2.37. The second kappa shape index (κ2) is 8.67. The van der Waals surface area contributed by atoms with Gasteiger partial charge in [-0.05, 0) is 54.2 Å². The van der Waals surface area contributed by atoms with Crippen LogP contribution >= 0.6 is 0 Å². The quantitative estimate of drug-likeness (QED) is 0.697. The molecule has 32 heavy (non-hydrogen) atoms. The number of nitrogens with zero attached hydrogens (tertiary/aromatic N) is 1. The summed E-state index contributed by atoms with van der Waals surface area (Å²) in [5.74, 6) is 0.0890. The number of ether oxygens (including phenoxy) is 2. The molecular formula is C22H23F3N2O4S. The van der Waals surface area contributed by atoms with Crippen molar-refractivity contribution in [1.82, 2.24) is 4.90 Å². The van der Waals surface area contributed by atoms with Crippen LogP contribution in [0.25, 0.3) is 5.70 Å². The molecule has 0 saturated heterocycles. The van der Waals surface area contributed by atoms with E-state index in [1.54, 1.807) is 12.1 Å². The average molecular weight is 468 g/mol. The number of hydrogen-bond acceptors (Lipinski definition) is 5. The van der Waals surface area contributed by atoms with Gasteiger partial charge in [-0.1, -0.05) is 24.3 Å². The lowest BCUT2D eigenvalue weighted by atomic mass is 10.0. The number of alkyl halides is 3. The molecule has 0 atom stereocenters. The van der Waals surface area contributed by atoms with Gasteiger partial charge in [0.25, 0.3) is 0 Å². The summed E-state index contributed by atoms with van der Waals surface area (Å²) in [5.41, 5.74) is 2.77. The molecule has 10 heteroatoms. The van der Waals surface area contributed by atoms with E-state index >= 15 is 0 Å². The van der Waals surface area contributed by atoms with Gasteiger partial charge in [0.2, 0.25) is 10.0 Å². The first-order chi connectivity index (χ1) is 15.1. The highest BCUT2D eigenvalue weighted by atomic mass is 32.2. The Kier molecular flexibility index (Phi) is 6.09. The minimum Gasteiger partial charge on any atom is -0.492 e. The molecule has 4 rings (SSSR count). The number of benzene rings is 2. The normalized spacial score (nSPS) is 16.4. The lowest BCUT2D eigenvalue weighted by Gasteiger charge is -2.31. The zero-order valence-electron chi connectivity index (χ0n) is 17.2. The van der Waals surface area contributed by atoms with Gasteiger partial charge in [0.05, 0.1) is 6.61 Å². The van der Waals surface area contributed by atoms with Crippen molar-refractivity contribution in [2.75, 3.05) is 19.7 Å². The largest absolute Gasteiger partial charge is 0.573 e. The van der Waals surface area contributed by atoms with Crippen LogP contribution in [0.1, 0.15) is 29.5 Å². The highest BCUT2D eigenvalue weighted by Gasteiger charge is 2.32. The van der Waals surface area contributed by atoms with E-state index in [1.165, 1.54) is 18.2 Å². The lowest BCUT2D eigenvalue weighted by molar-refractivity contribution is -0.274. The summed E-state index contributed by atoms with van der Waals surface area (Å²) in [6, 6.07) is 9.50. The molecule has 6 nitrogen and oxygen atoms in total. The van der Waals surface area contributed by atoms with Crippen molar-refractivity contribution in [3.63, 3.8) is 0 Å². The number of rotatable bonds is 6. The number of halogens is 3. The van der Waals surface area contributed by atoms with Crippen molar-refractivity contribution in [3.05, 3.63) is 59.2 Å². The van der Waals surface area contributed by atoms with E-state index in [0.717, 1.165) is 24.1 Å². The SMILES string of the molecule is NS(=O)(=O)c1cc(C2=CCCCN2CCc2ccccc2OC(F)(F)F)cc2c1OCC2. The molecule has 0 aromatic heterocycles. The van der Waals surface area contributed by atoms with E-state index in [-0.39, 0.29) is 10.6 Å². The van der Waals surface area contributed by atoms with Gasteiger partial charge >= 0.3 is 6.36 Å². The molecule has 2 aromatic rings. The van der Waals surface area contributed by atoms with Gasteiger partial charge < -0.3 is 14.4 Å². The summed E-state index contributed by atoms with van der Waals surface area (Å²) < 4.78 is 72.1. The molecule has 0 unspecified atom stereocenters. The first-order valence-corrected chi connectivity index (χ1v) is 11.8. The van der Waals surface area contributed by atoms with E-state index in [4.69, 9.17) is 9.88 Å². The zero-order chi connectivity index (χ0) is 22.9. The Bertz CT molecular complexity index is 1150. The summed E-state index contributed by atoms with van der Waals surface area (Å²) in [6.07, 6.45) is -0.117. The second-order valence-corrected chi connectivity index (χ2v) is 9.26. The van der Waals surface area contributed by atoms with Gasteiger partial charge in [0.15, 0.2) is 0 Å². The van der Waals surface area contributed by atoms with Crippen molar-refractivity contribution in [1.29, 1.82) is 0 Å². The van der Waals surface area contributed by atoms with Crippen LogP contribution in [0.15, 0.2) is 47.4 Å². The first-order valence-electron chi connectivity index (χ1n) is 10.2. The van der Waals surface area contributed by atoms with Crippen molar-refractivity contribution in [3.8, 4) is 11.5 Å². The number of nitrogens with two attached hydrogens (primary N) is 1. The Hall–Kier alpha value is -2.72. The Morgan fingerprint density at radius 1 is 1.19 bits per heavy atom. The second-order valence-electron chi connectivity index (χ2n) is 7.73. The third-order valence-electron chi connectivity index (χ3n) is 5.51. The Balaban J connectivity index is 1.60. The van der Waals surface area contributed by atoms with Crippen LogP contribution in [0.5, 0.6) is 11.5 Å². The molecule has 2 aromatic carbocycles. The fraction of sp³-hybridized carbons (Fsp3) is 0.364. The lowest BCUT2D eigenvalue weighted by Crippen LogP contribution is -2.29. The Morgan fingerprint density at radius 3 is 2.72 bits per heavy atom. The van der Waals surface area contributed by atoms with Crippen LogP contribution in [0.3, 0.4) is 0 Å². The van der Waals surface area contributed by atoms with Gasteiger partial charge in [0, 0.05) is 25.2 Å². The van der Waals surface area contributed by atoms with Gasteiger partial charge in [-0.25, -0.2) is 13.6 Å². The summed E-state index contributed by atoms with van der Waals surface area (Å²) in [4.78, 5) is 2.01. The molecule has 2 aliphatic rings. The smallest absolute Gasteiger partial charge is 0.492 e. The number of sulfonamides is 1. The van der Waals surface area contributed by atoms with Crippen molar-refractivity contribution < 1.29 is 31.1 Å². The zero-order valence-corrected chi connectivity index (χ0v) is 18.0. The van der Waals surface area contributed by atoms with Crippen LogP contribution in [-0.2, 0) is 22.9 Å². The molecule has 0 fully saturated rings. The molecule has 2 N–H and O–H groups in total. The van der Waals surface area contributed by atoms with Gasteiger partial charge in [-0.15, -0.1) is 13.2 Å². The van der Waals surface area contributed by atoms with Gasteiger partial charge in [-0.2, -0.15) is 0 Å². The first kappa shape index (κ1) is 22.5. The molecule has 0 bridgehead atoms. The maximum absolute atomic E-state index is 12.7. The summed E-state index contributed by atoms with van der Waals surface area (Å²) in [6.45, 7) is 1.54. The average Bonchev–Trinajstić information content (AvgIpc) is 3.19. The molecule has 0 saturated carbocycles. The maximum atomic E-state index is 12.7. The number of hydrogen-bond donors (Lipinski definition) is 1. The number of primary sulfonamides is 1. The van der Waals surface area contributed by atoms with Crippen molar-refractivity contribution in [2.24, 2.45) is 5.14 Å².